The molecule has 3 rings (SSSR count). The Kier molecular flexibility index (Phi) is 6.77. The van der Waals surface area contributed by atoms with E-state index in [1.807, 2.05) is 6.07 Å². The molecule has 27 heavy (non-hydrogen) atoms. The summed E-state index contributed by atoms with van der Waals surface area (Å²) in [6.07, 6.45) is 3.27. The Hall–Kier alpha value is -1.59. The largest absolute Gasteiger partial charge is 0.497 e. The summed E-state index contributed by atoms with van der Waals surface area (Å²) in [4.78, 5) is 15.4. The van der Waals surface area contributed by atoms with Crippen LogP contribution in [0.2, 0.25) is 0 Å². The van der Waals surface area contributed by atoms with Crippen molar-refractivity contribution in [1.82, 2.24) is 15.5 Å². The van der Waals surface area contributed by atoms with E-state index in [0.29, 0.717) is 12.5 Å². The summed E-state index contributed by atoms with van der Waals surface area (Å²) in [6.45, 7) is 10.7. The molecule has 2 aliphatic heterocycles. The van der Waals surface area contributed by atoms with Crippen molar-refractivity contribution in [1.29, 1.82) is 0 Å². The SMILES string of the molecule is COc1ccc2c(c1)CN[C@@H](C(=O)N[C@H](CN1CCC(C)CC1)C(C)C)C2. The number of carbonyl (C=O) groups excluding carboxylic acids is 1. The number of piperidine rings is 1. The zero-order chi connectivity index (χ0) is 19.4. The molecule has 2 atom stereocenters. The summed E-state index contributed by atoms with van der Waals surface area (Å²) in [5, 5.41) is 6.73. The molecule has 0 saturated carbocycles. The summed E-state index contributed by atoms with van der Waals surface area (Å²) >= 11 is 0. The van der Waals surface area contributed by atoms with Gasteiger partial charge in [0, 0.05) is 19.1 Å². The van der Waals surface area contributed by atoms with Crippen LogP contribution in [0, 0.1) is 11.8 Å². The van der Waals surface area contributed by atoms with Gasteiger partial charge in [-0.1, -0.05) is 26.8 Å². The Morgan fingerprint density at radius 2 is 2.04 bits per heavy atom. The Balaban J connectivity index is 1.57. The number of hydrogen-bond donors (Lipinski definition) is 2. The molecule has 1 amide bonds. The van der Waals surface area contributed by atoms with E-state index in [1.54, 1.807) is 7.11 Å². The van der Waals surface area contributed by atoms with Gasteiger partial charge < -0.3 is 20.3 Å². The Labute approximate surface area is 163 Å². The highest BCUT2D eigenvalue weighted by atomic mass is 16.5. The molecule has 1 aromatic rings. The van der Waals surface area contributed by atoms with Crippen molar-refractivity contribution in [3.63, 3.8) is 0 Å². The third kappa shape index (κ3) is 5.23. The molecule has 0 aromatic heterocycles. The van der Waals surface area contributed by atoms with Gasteiger partial charge >= 0.3 is 0 Å². The number of fused-ring (bicyclic) bond motifs is 1. The number of likely N-dealkylation sites (tertiary alicyclic amines) is 1. The van der Waals surface area contributed by atoms with Gasteiger partial charge in [-0.05, 0) is 67.4 Å². The number of nitrogens with zero attached hydrogens (tertiary/aromatic N) is 1. The van der Waals surface area contributed by atoms with Gasteiger partial charge in [-0.25, -0.2) is 0 Å². The number of benzene rings is 1. The van der Waals surface area contributed by atoms with Gasteiger partial charge in [-0.15, -0.1) is 0 Å². The van der Waals surface area contributed by atoms with Gasteiger partial charge in [0.25, 0.3) is 0 Å². The fraction of sp³-hybridized carbons (Fsp3) is 0.682. The molecule has 5 heteroatoms. The van der Waals surface area contributed by atoms with Crippen LogP contribution in [0.3, 0.4) is 0 Å². The van der Waals surface area contributed by atoms with Gasteiger partial charge in [-0.3, -0.25) is 4.79 Å². The van der Waals surface area contributed by atoms with E-state index in [9.17, 15) is 4.79 Å². The first-order valence-corrected chi connectivity index (χ1v) is 10.4. The average Bonchev–Trinajstić information content (AvgIpc) is 2.68. The Bertz CT molecular complexity index is 638. The van der Waals surface area contributed by atoms with Crippen molar-refractivity contribution in [3.05, 3.63) is 29.3 Å². The highest BCUT2D eigenvalue weighted by molar-refractivity contribution is 5.82. The lowest BCUT2D eigenvalue weighted by molar-refractivity contribution is -0.124. The second-order valence-electron chi connectivity index (χ2n) is 8.61. The molecule has 150 valence electrons. The molecule has 2 N–H and O–H groups in total. The van der Waals surface area contributed by atoms with E-state index in [2.05, 4.69) is 48.4 Å². The minimum absolute atomic E-state index is 0.126. The molecule has 0 bridgehead atoms. The maximum absolute atomic E-state index is 12.9. The van der Waals surface area contributed by atoms with Crippen molar-refractivity contribution < 1.29 is 9.53 Å². The van der Waals surface area contributed by atoms with E-state index in [-0.39, 0.29) is 18.0 Å². The number of hydrogen-bond acceptors (Lipinski definition) is 4. The number of nitrogens with one attached hydrogen (secondary N) is 2. The third-order valence-corrected chi connectivity index (χ3v) is 6.16. The number of rotatable bonds is 6. The van der Waals surface area contributed by atoms with Crippen LogP contribution < -0.4 is 15.4 Å². The van der Waals surface area contributed by atoms with Gasteiger partial charge in [0.15, 0.2) is 0 Å². The Morgan fingerprint density at radius 1 is 1.30 bits per heavy atom. The zero-order valence-corrected chi connectivity index (χ0v) is 17.3. The van der Waals surface area contributed by atoms with Crippen molar-refractivity contribution in [3.8, 4) is 5.75 Å². The van der Waals surface area contributed by atoms with Crippen LogP contribution in [0.1, 0.15) is 44.7 Å². The first-order valence-electron chi connectivity index (χ1n) is 10.4. The average molecular weight is 374 g/mol. The number of amides is 1. The summed E-state index contributed by atoms with van der Waals surface area (Å²) in [7, 11) is 1.68. The first-order chi connectivity index (χ1) is 13.0. The molecular weight excluding hydrogens is 338 g/mol. The van der Waals surface area contributed by atoms with Crippen LogP contribution in [0.15, 0.2) is 18.2 Å². The van der Waals surface area contributed by atoms with Crippen molar-refractivity contribution >= 4 is 5.91 Å². The van der Waals surface area contributed by atoms with Crippen molar-refractivity contribution in [2.24, 2.45) is 11.8 Å². The predicted molar refractivity (Wildman–Crippen MR) is 109 cm³/mol. The van der Waals surface area contributed by atoms with Crippen LogP contribution in [0.4, 0.5) is 0 Å². The number of carbonyl (C=O) groups is 1. The molecule has 0 aliphatic carbocycles. The molecule has 0 spiro atoms. The maximum Gasteiger partial charge on any atom is 0.237 e. The zero-order valence-electron chi connectivity index (χ0n) is 17.3. The van der Waals surface area contributed by atoms with Crippen molar-refractivity contribution in [2.75, 3.05) is 26.7 Å². The number of ether oxygens (including phenoxy) is 1. The normalized spacial score (nSPS) is 22.3. The van der Waals surface area contributed by atoms with E-state index in [1.165, 1.54) is 24.0 Å². The summed E-state index contributed by atoms with van der Waals surface area (Å²) in [6, 6.07) is 6.17. The molecule has 2 aliphatic rings. The molecule has 5 nitrogen and oxygen atoms in total. The fourth-order valence-electron chi connectivity index (χ4n) is 4.03. The van der Waals surface area contributed by atoms with Gasteiger partial charge in [0.05, 0.1) is 13.2 Å². The minimum Gasteiger partial charge on any atom is -0.497 e. The summed E-state index contributed by atoms with van der Waals surface area (Å²) in [5.74, 6) is 2.25. The molecule has 1 fully saturated rings. The third-order valence-electron chi connectivity index (χ3n) is 6.16. The summed E-state index contributed by atoms with van der Waals surface area (Å²) in [5.41, 5.74) is 2.46. The van der Waals surface area contributed by atoms with E-state index in [0.717, 1.165) is 37.7 Å². The molecule has 0 unspecified atom stereocenters. The van der Waals surface area contributed by atoms with E-state index < -0.39 is 0 Å². The highest BCUT2D eigenvalue weighted by Crippen LogP contribution is 2.23. The molecule has 1 saturated heterocycles. The molecule has 0 radical (unpaired) electrons. The quantitative estimate of drug-likeness (QED) is 0.805. The maximum atomic E-state index is 12.9. The van der Waals surface area contributed by atoms with Crippen LogP contribution in [0.5, 0.6) is 5.75 Å². The van der Waals surface area contributed by atoms with Gasteiger partial charge in [0.1, 0.15) is 5.75 Å². The van der Waals surface area contributed by atoms with E-state index in [4.69, 9.17) is 4.74 Å². The van der Waals surface area contributed by atoms with Crippen LogP contribution in [-0.2, 0) is 17.8 Å². The minimum atomic E-state index is -0.159. The second-order valence-corrected chi connectivity index (χ2v) is 8.61. The lowest BCUT2D eigenvalue weighted by Gasteiger charge is -2.35. The Morgan fingerprint density at radius 3 is 2.70 bits per heavy atom. The number of methoxy groups -OCH3 is 1. The molecule has 1 aromatic carbocycles. The second kappa shape index (κ2) is 9.07. The van der Waals surface area contributed by atoms with Gasteiger partial charge in [-0.2, -0.15) is 0 Å². The van der Waals surface area contributed by atoms with Crippen LogP contribution in [-0.4, -0.2) is 49.6 Å². The fourth-order valence-corrected chi connectivity index (χ4v) is 4.03. The topological polar surface area (TPSA) is 53.6 Å². The molecule has 2 heterocycles. The van der Waals surface area contributed by atoms with Crippen LogP contribution in [0.25, 0.3) is 0 Å². The van der Waals surface area contributed by atoms with Crippen molar-refractivity contribution in [2.45, 2.75) is 58.7 Å². The lowest BCUT2D eigenvalue weighted by Crippen LogP contribution is -2.54. The van der Waals surface area contributed by atoms with Crippen LogP contribution >= 0.6 is 0 Å². The lowest BCUT2D eigenvalue weighted by atomic mass is 9.94. The summed E-state index contributed by atoms with van der Waals surface area (Å²) < 4.78 is 5.30. The molecular formula is C22H35N3O2. The van der Waals surface area contributed by atoms with E-state index >= 15 is 0 Å². The smallest absolute Gasteiger partial charge is 0.237 e. The standard InChI is InChI=1S/C22H35N3O2/c1-15(2)21(14-25-9-7-16(3)8-10-25)24-22(26)20-12-17-5-6-19(27-4)11-18(17)13-23-20/h5-6,11,15-16,20-21,23H,7-10,12-14H2,1-4H3,(H,24,26)/t20-,21-/m1/s1. The first kappa shape index (κ1) is 20.2. The monoisotopic (exact) mass is 373 g/mol. The highest BCUT2D eigenvalue weighted by Gasteiger charge is 2.28. The van der Waals surface area contributed by atoms with Gasteiger partial charge in [0.2, 0.25) is 5.91 Å². The predicted octanol–water partition coefficient (Wildman–Crippen LogP) is 2.58.